The standard InChI is InChI=1S/C17H18N2/c1-3-7-15-14(6-1)11-18-12-17(15)19-10-9-13-5-2-4-8-16(13)19/h1-8,17-18H,9-12H2. The molecule has 0 amide bonds. The van der Waals surface area contributed by atoms with Crippen LogP contribution in [0.3, 0.4) is 0 Å². The van der Waals surface area contributed by atoms with Gasteiger partial charge >= 0.3 is 0 Å². The zero-order chi connectivity index (χ0) is 12.7. The number of rotatable bonds is 1. The number of nitrogens with one attached hydrogen (secondary N) is 1. The number of fused-ring (bicyclic) bond motifs is 2. The summed E-state index contributed by atoms with van der Waals surface area (Å²) >= 11 is 0. The lowest BCUT2D eigenvalue weighted by Crippen LogP contribution is -2.39. The van der Waals surface area contributed by atoms with E-state index in [1.165, 1.54) is 28.8 Å². The quantitative estimate of drug-likeness (QED) is 0.837. The molecule has 2 nitrogen and oxygen atoms in total. The van der Waals surface area contributed by atoms with Gasteiger partial charge in [0.2, 0.25) is 0 Å². The minimum absolute atomic E-state index is 0.480. The normalized spacial score (nSPS) is 21.1. The van der Waals surface area contributed by atoms with Crippen molar-refractivity contribution in [3.63, 3.8) is 0 Å². The molecule has 2 aliphatic rings. The Bertz CT molecular complexity index is 606. The molecule has 1 N–H and O–H groups in total. The Morgan fingerprint density at radius 2 is 1.74 bits per heavy atom. The first-order chi connectivity index (χ1) is 9.43. The molecule has 2 aromatic carbocycles. The Morgan fingerprint density at radius 3 is 2.68 bits per heavy atom. The van der Waals surface area contributed by atoms with Crippen LogP contribution in [-0.2, 0) is 13.0 Å². The van der Waals surface area contributed by atoms with Crippen LogP contribution in [-0.4, -0.2) is 13.1 Å². The molecule has 2 aliphatic heterocycles. The number of nitrogens with zero attached hydrogens (tertiary/aromatic N) is 1. The predicted octanol–water partition coefficient (Wildman–Crippen LogP) is 2.89. The second-order valence-corrected chi connectivity index (χ2v) is 5.42. The van der Waals surface area contributed by atoms with Crippen molar-refractivity contribution in [3.05, 3.63) is 65.2 Å². The molecule has 0 radical (unpaired) electrons. The van der Waals surface area contributed by atoms with E-state index >= 15 is 0 Å². The number of benzene rings is 2. The zero-order valence-corrected chi connectivity index (χ0v) is 11.0. The van der Waals surface area contributed by atoms with Crippen molar-refractivity contribution in [1.82, 2.24) is 5.32 Å². The van der Waals surface area contributed by atoms with Crippen LogP contribution in [0.5, 0.6) is 0 Å². The maximum absolute atomic E-state index is 3.56. The van der Waals surface area contributed by atoms with Crippen molar-refractivity contribution in [2.45, 2.75) is 19.0 Å². The van der Waals surface area contributed by atoms with Gasteiger partial charge in [0.25, 0.3) is 0 Å². The fourth-order valence-corrected chi connectivity index (χ4v) is 3.44. The van der Waals surface area contributed by atoms with E-state index in [9.17, 15) is 0 Å². The largest absolute Gasteiger partial charge is 0.363 e. The summed E-state index contributed by atoms with van der Waals surface area (Å²) in [6.07, 6.45) is 1.18. The van der Waals surface area contributed by atoms with Crippen LogP contribution in [0.2, 0.25) is 0 Å². The van der Waals surface area contributed by atoms with Gasteiger partial charge in [0.1, 0.15) is 0 Å². The highest BCUT2D eigenvalue weighted by Crippen LogP contribution is 2.36. The average Bonchev–Trinajstić information content (AvgIpc) is 2.90. The van der Waals surface area contributed by atoms with Crippen molar-refractivity contribution in [2.24, 2.45) is 0 Å². The summed E-state index contributed by atoms with van der Waals surface area (Å²) in [5.74, 6) is 0. The van der Waals surface area contributed by atoms with Crippen molar-refractivity contribution in [1.29, 1.82) is 0 Å². The van der Waals surface area contributed by atoms with Gasteiger partial charge in [-0.1, -0.05) is 42.5 Å². The topological polar surface area (TPSA) is 15.3 Å². The third-order valence-corrected chi connectivity index (χ3v) is 4.37. The van der Waals surface area contributed by atoms with E-state index in [1.54, 1.807) is 0 Å². The summed E-state index contributed by atoms with van der Waals surface area (Å²) in [4.78, 5) is 2.57. The molecule has 2 heteroatoms. The van der Waals surface area contributed by atoms with Crippen molar-refractivity contribution < 1.29 is 0 Å². The van der Waals surface area contributed by atoms with E-state index < -0.39 is 0 Å². The first-order valence-corrected chi connectivity index (χ1v) is 7.06. The van der Waals surface area contributed by atoms with E-state index in [1.807, 2.05) is 0 Å². The van der Waals surface area contributed by atoms with Crippen LogP contribution >= 0.6 is 0 Å². The molecule has 0 saturated carbocycles. The van der Waals surface area contributed by atoms with Gasteiger partial charge in [-0.2, -0.15) is 0 Å². The number of anilines is 1. The molecule has 0 spiro atoms. The monoisotopic (exact) mass is 250 g/mol. The summed E-state index contributed by atoms with van der Waals surface area (Å²) in [5.41, 5.74) is 5.86. The summed E-state index contributed by atoms with van der Waals surface area (Å²) in [5, 5.41) is 3.56. The van der Waals surface area contributed by atoms with Gasteiger partial charge in [-0.05, 0) is 29.2 Å². The van der Waals surface area contributed by atoms with Crippen molar-refractivity contribution in [2.75, 3.05) is 18.0 Å². The molecule has 0 aromatic heterocycles. The molecule has 0 aliphatic carbocycles. The molecule has 4 rings (SSSR count). The summed E-state index contributed by atoms with van der Waals surface area (Å²) in [6, 6.07) is 18.2. The SMILES string of the molecule is c1ccc2c(c1)CNCC2N1CCc2ccccc21. The van der Waals surface area contributed by atoms with E-state index in [-0.39, 0.29) is 0 Å². The van der Waals surface area contributed by atoms with E-state index in [0.29, 0.717) is 6.04 Å². The molecule has 0 fully saturated rings. The first-order valence-electron chi connectivity index (χ1n) is 7.06. The molecular formula is C17H18N2. The second kappa shape index (κ2) is 4.39. The molecule has 19 heavy (non-hydrogen) atoms. The molecule has 1 atom stereocenters. The van der Waals surface area contributed by atoms with Crippen molar-refractivity contribution >= 4 is 5.69 Å². The fourth-order valence-electron chi connectivity index (χ4n) is 3.44. The number of hydrogen-bond acceptors (Lipinski definition) is 2. The first kappa shape index (κ1) is 11.1. The molecule has 2 heterocycles. The third-order valence-electron chi connectivity index (χ3n) is 4.37. The van der Waals surface area contributed by atoms with Crippen LogP contribution in [0, 0.1) is 0 Å². The number of para-hydroxylation sites is 1. The van der Waals surface area contributed by atoms with Gasteiger partial charge in [-0.3, -0.25) is 0 Å². The van der Waals surface area contributed by atoms with Gasteiger partial charge in [0.05, 0.1) is 6.04 Å². The summed E-state index contributed by atoms with van der Waals surface area (Å²) in [7, 11) is 0. The predicted molar refractivity (Wildman–Crippen MR) is 78.4 cm³/mol. The van der Waals surface area contributed by atoms with Crippen LogP contribution < -0.4 is 10.2 Å². The van der Waals surface area contributed by atoms with Gasteiger partial charge in [-0.25, -0.2) is 0 Å². The fraction of sp³-hybridized carbons (Fsp3) is 0.294. The summed E-state index contributed by atoms with van der Waals surface area (Å²) in [6.45, 7) is 3.19. The highest BCUT2D eigenvalue weighted by molar-refractivity contribution is 5.60. The number of hydrogen-bond donors (Lipinski definition) is 1. The lowest BCUT2D eigenvalue weighted by atomic mass is 9.95. The average molecular weight is 250 g/mol. The van der Waals surface area contributed by atoms with Crippen LogP contribution in [0.25, 0.3) is 0 Å². The molecule has 0 saturated heterocycles. The Balaban J connectivity index is 1.76. The lowest BCUT2D eigenvalue weighted by Gasteiger charge is -2.35. The van der Waals surface area contributed by atoms with Crippen molar-refractivity contribution in [3.8, 4) is 0 Å². The third kappa shape index (κ3) is 1.75. The zero-order valence-electron chi connectivity index (χ0n) is 11.0. The maximum atomic E-state index is 3.56. The van der Waals surface area contributed by atoms with E-state index in [0.717, 1.165) is 19.6 Å². The minimum Gasteiger partial charge on any atom is -0.363 e. The van der Waals surface area contributed by atoms with E-state index in [2.05, 4.69) is 58.7 Å². The Kier molecular flexibility index (Phi) is 2.56. The Labute approximate surface area is 114 Å². The van der Waals surface area contributed by atoms with Crippen LogP contribution in [0.15, 0.2) is 48.5 Å². The second-order valence-electron chi connectivity index (χ2n) is 5.42. The van der Waals surface area contributed by atoms with Gasteiger partial charge in [-0.15, -0.1) is 0 Å². The minimum atomic E-state index is 0.480. The summed E-state index contributed by atoms with van der Waals surface area (Å²) < 4.78 is 0. The lowest BCUT2D eigenvalue weighted by molar-refractivity contribution is 0.523. The molecule has 96 valence electrons. The maximum Gasteiger partial charge on any atom is 0.0670 e. The van der Waals surface area contributed by atoms with E-state index in [4.69, 9.17) is 0 Å². The molecule has 1 unspecified atom stereocenters. The smallest absolute Gasteiger partial charge is 0.0670 e. The van der Waals surface area contributed by atoms with Crippen LogP contribution in [0.4, 0.5) is 5.69 Å². The van der Waals surface area contributed by atoms with Gasteiger partial charge < -0.3 is 10.2 Å². The molecule has 0 bridgehead atoms. The molecule has 2 aromatic rings. The Hall–Kier alpha value is -1.80. The highest BCUT2D eigenvalue weighted by atomic mass is 15.2. The van der Waals surface area contributed by atoms with Gasteiger partial charge in [0, 0.05) is 25.3 Å². The Morgan fingerprint density at radius 1 is 0.947 bits per heavy atom. The highest BCUT2D eigenvalue weighted by Gasteiger charge is 2.29. The van der Waals surface area contributed by atoms with Crippen LogP contribution in [0.1, 0.15) is 22.7 Å². The van der Waals surface area contributed by atoms with Gasteiger partial charge in [0.15, 0.2) is 0 Å². The molecular weight excluding hydrogens is 232 g/mol.